The third kappa shape index (κ3) is 3.08. The molecule has 3 aromatic heterocycles. The largest absolute Gasteiger partial charge is 0.397 e. The third-order valence-electron chi connectivity index (χ3n) is 2.86. The second kappa shape index (κ2) is 5.87. The van der Waals surface area contributed by atoms with Gasteiger partial charge in [-0.2, -0.15) is 0 Å². The maximum absolute atomic E-state index is 12.1. The van der Waals surface area contributed by atoms with Crippen LogP contribution in [0.1, 0.15) is 5.69 Å². The fraction of sp³-hybridized carbons (Fsp3) is 0.0714. The number of pyridine rings is 2. The van der Waals surface area contributed by atoms with Gasteiger partial charge in [0.05, 0.1) is 17.6 Å². The van der Waals surface area contributed by atoms with Crippen molar-refractivity contribution >= 4 is 39.0 Å². The fourth-order valence-electron chi connectivity index (χ4n) is 1.88. The number of anilines is 1. The number of nitrogen functional groups attached to an aromatic ring is 1. The van der Waals surface area contributed by atoms with E-state index in [-0.39, 0.29) is 5.56 Å². The topological polar surface area (TPSA) is 73.3 Å². The van der Waals surface area contributed by atoms with Crippen LogP contribution in [0.3, 0.4) is 0 Å². The molecule has 21 heavy (non-hydrogen) atoms. The summed E-state index contributed by atoms with van der Waals surface area (Å²) in [6.45, 7) is 0. The Hall–Kier alpha value is -1.86. The van der Waals surface area contributed by atoms with Gasteiger partial charge in [-0.25, -0.2) is 4.98 Å². The highest BCUT2D eigenvalue weighted by molar-refractivity contribution is 9.10. The van der Waals surface area contributed by atoms with E-state index in [1.165, 1.54) is 16.2 Å². The summed E-state index contributed by atoms with van der Waals surface area (Å²) in [5.74, 6) is 0.579. The predicted molar refractivity (Wildman–Crippen MR) is 87.4 cm³/mol. The zero-order valence-corrected chi connectivity index (χ0v) is 13.3. The second-order valence-electron chi connectivity index (χ2n) is 4.36. The summed E-state index contributed by atoms with van der Waals surface area (Å²) in [7, 11) is 0. The highest BCUT2D eigenvalue weighted by Crippen LogP contribution is 2.26. The molecule has 0 fully saturated rings. The van der Waals surface area contributed by atoms with Gasteiger partial charge in [-0.05, 0) is 34.1 Å². The molecule has 0 aromatic carbocycles. The summed E-state index contributed by atoms with van der Waals surface area (Å²) in [4.78, 5) is 21.5. The van der Waals surface area contributed by atoms with Crippen molar-refractivity contribution in [3.05, 3.63) is 63.4 Å². The van der Waals surface area contributed by atoms with Crippen molar-refractivity contribution in [2.24, 2.45) is 0 Å². The van der Waals surface area contributed by atoms with E-state index in [0.29, 0.717) is 17.1 Å². The zero-order chi connectivity index (χ0) is 14.8. The van der Waals surface area contributed by atoms with Crippen molar-refractivity contribution in [3.8, 4) is 0 Å². The Balaban J connectivity index is 1.90. The van der Waals surface area contributed by atoms with Gasteiger partial charge in [-0.15, -0.1) is 11.8 Å². The number of thioether (sulfide) groups is 1. The molecule has 0 radical (unpaired) electrons. The van der Waals surface area contributed by atoms with Crippen LogP contribution in [0.25, 0.3) is 5.65 Å². The smallest absolute Gasteiger partial charge is 0.258 e. The highest BCUT2D eigenvalue weighted by Gasteiger charge is 2.05. The van der Waals surface area contributed by atoms with Gasteiger partial charge < -0.3 is 5.73 Å². The molecule has 3 rings (SSSR count). The molecule has 0 aliphatic rings. The van der Waals surface area contributed by atoms with Crippen molar-refractivity contribution in [1.29, 1.82) is 0 Å². The summed E-state index contributed by atoms with van der Waals surface area (Å²) in [5, 5.41) is 0. The van der Waals surface area contributed by atoms with Gasteiger partial charge in [0.15, 0.2) is 0 Å². The number of hydrogen-bond donors (Lipinski definition) is 1. The lowest BCUT2D eigenvalue weighted by Crippen LogP contribution is -2.15. The van der Waals surface area contributed by atoms with Gasteiger partial charge in [-0.1, -0.05) is 0 Å². The van der Waals surface area contributed by atoms with Gasteiger partial charge in [0.25, 0.3) is 5.56 Å². The Kier molecular flexibility index (Phi) is 3.94. The van der Waals surface area contributed by atoms with Gasteiger partial charge in [0.1, 0.15) is 5.65 Å². The molecule has 0 saturated carbocycles. The summed E-state index contributed by atoms with van der Waals surface area (Å²) < 4.78 is 2.35. The van der Waals surface area contributed by atoms with E-state index in [0.717, 1.165) is 15.1 Å². The highest BCUT2D eigenvalue weighted by atomic mass is 79.9. The zero-order valence-electron chi connectivity index (χ0n) is 10.9. The van der Waals surface area contributed by atoms with Crippen LogP contribution in [0.15, 0.2) is 57.0 Å². The lowest BCUT2D eigenvalue weighted by Gasteiger charge is -2.06. The predicted octanol–water partition coefficient (Wildman–Crippen LogP) is 2.73. The average molecular weight is 363 g/mol. The molecule has 0 atom stereocenters. The molecule has 7 heteroatoms. The first-order valence-corrected chi connectivity index (χ1v) is 7.91. The molecule has 0 spiro atoms. The number of aromatic nitrogens is 3. The number of hydrogen-bond acceptors (Lipinski definition) is 5. The van der Waals surface area contributed by atoms with Crippen molar-refractivity contribution in [2.75, 3.05) is 5.73 Å². The molecule has 3 heterocycles. The van der Waals surface area contributed by atoms with E-state index >= 15 is 0 Å². The normalized spacial score (nSPS) is 10.9. The lowest BCUT2D eigenvalue weighted by molar-refractivity contribution is 1.01. The summed E-state index contributed by atoms with van der Waals surface area (Å²) >= 11 is 4.88. The molecule has 5 nitrogen and oxygen atoms in total. The van der Waals surface area contributed by atoms with Crippen LogP contribution in [0.5, 0.6) is 0 Å². The van der Waals surface area contributed by atoms with Gasteiger partial charge in [-0.3, -0.25) is 14.2 Å². The molecule has 0 bridgehead atoms. The van der Waals surface area contributed by atoms with Crippen LogP contribution in [0, 0.1) is 0 Å². The Bertz CT molecular complexity index is 865. The maximum atomic E-state index is 12.1. The monoisotopic (exact) mass is 362 g/mol. The standard InChI is InChI=1S/C14H11BrN4OS/c15-9-1-2-13-18-10(5-14(20)19(13)7-9)8-21-12-3-4-17-6-11(12)16/h1-7H,8,16H2. The van der Waals surface area contributed by atoms with E-state index in [4.69, 9.17) is 5.73 Å². The Labute approximate surface area is 133 Å². The van der Waals surface area contributed by atoms with Crippen LogP contribution in [0.2, 0.25) is 0 Å². The van der Waals surface area contributed by atoms with Gasteiger partial charge in [0, 0.05) is 33.6 Å². The lowest BCUT2D eigenvalue weighted by atomic mass is 10.4. The Morgan fingerprint density at radius 3 is 3.00 bits per heavy atom. The van der Waals surface area contributed by atoms with Crippen molar-refractivity contribution in [3.63, 3.8) is 0 Å². The Morgan fingerprint density at radius 1 is 1.33 bits per heavy atom. The molecule has 0 aliphatic heterocycles. The molecule has 0 unspecified atom stereocenters. The number of halogens is 1. The van der Waals surface area contributed by atoms with Crippen LogP contribution < -0.4 is 11.3 Å². The first kappa shape index (κ1) is 14.1. The van der Waals surface area contributed by atoms with Gasteiger partial charge in [0.2, 0.25) is 0 Å². The van der Waals surface area contributed by atoms with Crippen LogP contribution in [0.4, 0.5) is 5.69 Å². The van der Waals surface area contributed by atoms with E-state index in [2.05, 4.69) is 25.9 Å². The molecule has 0 amide bonds. The maximum Gasteiger partial charge on any atom is 0.258 e. The molecule has 2 N–H and O–H groups in total. The van der Waals surface area contributed by atoms with E-state index in [9.17, 15) is 4.79 Å². The minimum atomic E-state index is -0.0976. The van der Waals surface area contributed by atoms with Crippen molar-refractivity contribution < 1.29 is 0 Å². The van der Waals surface area contributed by atoms with E-state index < -0.39 is 0 Å². The first-order valence-electron chi connectivity index (χ1n) is 6.13. The number of rotatable bonds is 3. The average Bonchev–Trinajstić information content (AvgIpc) is 2.47. The Morgan fingerprint density at radius 2 is 2.19 bits per heavy atom. The van der Waals surface area contributed by atoms with Gasteiger partial charge >= 0.3 is 0 Å². The summed E-state index contributed by atoms with van der Waals surface area (Å²) in [6, 6.07) is 7.06. The molecular formula is C14H11BrN4OS. The van der Waals surface area contributed by atoms with Crippen LogP contribution >= 0.6 is 27.7 Å². The first-order chi connectivity index (χ1) is 10.1. The number of nitrogens with zero attached hydrogens (tertiary/aromatic N) is 3. The number of nitrogens with two attached hydrogens (primary N) is 1. The fourth-order valence-corrected chi connectivity index (χ4v) is 3.04. The molecule has 106 valence electrons. The SMILES string of the molecule is Nc1cnccc1SCc1cc(=O)n2cc(Br)ccc2n1. The minimum absolute atomic E-state index is 0.0976. The molecule has 3 aromatic rings. The van der Waals surface area contributed by atoms with Crippen LogP contribution in [-0.4, -0.2) is 14.4 Å². The second-order valence-corrected chi connectivity index (χ2v) is 6.30. The van der Waals surface area contributed by atoms with Crippen LogP contribution in [-0.2, 0) is 5.75 Å². The molecular weight excluding hydrogens is 352 g/mol. The van der Waals surface area contributed by atoms with Crippen molar-refractivity contribution in [2.45, 2.75) is 10.6 Å². The quantitative estimate of drug-likeness (QED) is 0.725. The summed E-state index contributed by atoms with van der Waals surface area (Å²) in [6.07, 6.45) is 5.02. The molecule has 0 saturated heterocycles. The molecule has 0 aliphatic carbocycles. The number of fused-ring (bicyclic) bond motifs is 1. The minimum Gasteiger partial charge on any atom is -0.397 e. The van der Waals surface area contributed by atoms with E-state index in [1.807, 2.05) is 12.1 Å². The summed E-state index contributed by atoms with van der Waals surface area (Å²) in [5.41, 5.74) is 7.73. The third-order valence-corrected chi connectivity index (χ3v) is 4.45. The van der Waals surface area contributed by atoms with E-state index in [1.54, 1.807) is 30.7 Å². The van der Waals surface area contributed by atoms with Crippen molar-refractivity contribution in [1.82, 2.24) is 14.4 Å².